The molecule has 1 atom stereocenters. The highest BCUT2D eigenvalue weighted by molar-refractivity contribution is 7.90. The molecule has 1 N–H and O–H groups in total. The van der Waals surface area contributed by atoms with Gasteiger partial charge in [0.05, 0.1) is 10.4 Å². The fourth-order valence-electron chi connectivity index (χ4n) is 5.56. The first kappa shape index (κ1) is 33.6. The number of hydrogen-bond acceptors (Lipinski definition) is 5. The maximum Gasteiger partial charge on any atom is 0.268 e. The highest BCUT2D eigenvalue weighted by Crippen LogP contribution is 2.27. The van der Waals surface area contributed by atoms with E-state index in [1.807, 2.05) is 50.3 Å². The Bertz CT molecular complexity index is 1420. The molecule has 0 radical (unpaired) electrons. The second-order valence-electron chi connectivity index (χ2n) is 10.7. The third-order valence-electron chi connectivity index (χ3n) is 7.78. The molecule has 0 saturated carbocycles. The second-order valence-corrected chi connectivity index (χ2v) is 12.5. The molecule has 1 aliphatic rings. The average Bonchev–Trinajstić information content (AvgIpc) is 3.39. The molecular formula is C34H49FN4O2S. The number of unbranched alkanes of at least 4 members (excludes halogenated alkanes) is 1. The van der Waals surface area contributed by atoms with Crippen molar-refractivity contribution in [3.63, 3.8) is 0 Å². The van der Waals surface area contributed by atoms with E-state index < -0.39 is 10.0 Å². The van der Waals surface area contributed by atoms with Crippen molar-refractivity contribution in [1.82, 2.24) is 19.1 Å². The molecule has 0 spiro atoms. The van der Waals surface area contributed by atoms with Gasteiger partial charge in [0.25, 0.3) is 10.0 Å². The molecule has 2 heterocycles. The third-order valence-corrected chi connectivity index (χ3v) is 9.47. The largest absolute Gasteiger partial charge is 0.358 e. The number of fused-ring (bicyclic) bond motifs is 1. The molecule has 0 amide bonds. The number of nitrogens with zero attached hydrogens (tertiary/aromatic N) is 3. The maximum atomic E-state index is 13.6. The Morgan fingerprint density at radius 2 is 1.64 bits per heavy atom. The van der Waals surface area contributed by atoms with Crippen LogP contribution >= 0.6 is 0 Å². The molecule has 0 fully saturated rings. The molecule has 42 heavy (non-hydrogen) atoms. The van der Waals surface area contributed by atoms with Gasteiger partial charge in [-0.1, -0.05) is 76.6 Å². The molecule has 4 rings (SSSR count). The van der Waals surface area contributed by atoms with E-state index in [0.29, 0.717) is 31.2 Å². The summed E-state index contributed by atoms with van der Waals surface area (Å²) in [5.74, 6) is -0.315. The Balaban J connectivity index is 0.00000237. The van der Waals surface area contributed by atoms with Crippen LogP contribution in [0.1, 0.15) is 65.4 Å². The van der Waals surface area contributed by atoms with E-state index in [1.54, 1.807) is 30.5 Å². The number of benzene rings is 2. The average molecular weight is 597 g/mol. The van der Waals surface area contributed by atoms with E-state index in [4.69, 9.17) is 0 Å². The van der Waals surface area contributed by atoms with Crippen LogP contribution < -0.4 is 5.32 Å². The number of para-hydroxylation sites is 1. The molecule has 1 aliphatic heterocycles. The lowest BCUT2D eigenvalue weighted by Crippen LogP contribution is -2.33. The van der Waals surface area contributed by atoms with Crippen LogP contribution in [-0.4, -0.2) is 61.5 Å². The Hall–Kier alpha value is -2.94. The number of halogens is 1. The van der Waals surface area contributed by atoms with Crippen molar-refractivity contribution in [3.05, 3.63) is 90.0 Å². The predicted octanol–water partition coefficient (Wildman–Crippen LogP) is 7.34. The zero-order valence-electron chi connectivity index (χ0n) is 26.0. The fourth-order valence-corrected chi connectivity index (χ4v) is 6.97. The van der Waals surface area contributed by atoms with Gasteiger partial charge < -0.3 is 10.2 Å². The van der Waals surface area contributed by atoms with Crippen LogP contribution in [-0.2, 0) is 16.6 Å². The number of allylic oxidation sites excluding steroid dienone is 2. The summed E-state index contributed by atoms with van der Waals surface area (Å²) in [7, 11) is -1.51. The quantitative estimate of drug-likeness (QED) is 0.147. The summed E-state index contributed by atoms with van der Waals surface area (Å²) in [6, 6.07) is 16.9. The van der Waals surface area contributed by atoms with E-state index in [2.05, 4.69) is 36.0 Å². The normalized spacial score (nSPS) is 14.3. The number of nitrogens with one attached hydrogen (secondary N) is 1. The van der Waals surface area contributed by atoms with Crippen LogP contribution in [0.15, 0.2) is 89.4 Å². The van der Waals surface area contributed by atoms with Gasteiger partial charge in [-0.2, -0.15) is 4.39 Å². The first-order valence-corrected chi connectivity index (χ1v) is 16.9. The van der Waals surface area contributed by atoms with E-state index in [9.17, 15) is 12.8 Å². The molecule has 6 nitrogen and oxygen atoms in total. The topological polar surface area (TPSA) is 57.6 Å². The molecule has 0 bridgehead atoms. The lowest BCUT2D eigenvalue weighted by molar-refractivity contribution is 0.210. The van der Waals surface area contributed by atoms with Crippen molar-refractivity contribution in [3.8, 4) is 0 Å². The summed E-state index contributed by atoms with van der Waals surface area (Å²) in [6.45, 7) is 12.2. The number of rotatable bonds is 15. The van der Waals surface area contributed by atoms with Crippen molar-refractivity contribution >= 4 is 20.9 Å². The Kier molecular flexibility index (Phi) is 13.3. The van der Waals surface area contributed by atoms with Crippen molar-refractivity contribution in [1.29, 1.82) is 0 Å². The van der Waals surface area contributed by atoms with Gasteiger partial charge in [-0.15, -0.1) is 0 Å². The molecular weight excluding hydrogens is 547 g/mol. The van der Waals surface area contributed by atoms with Gasteiger partial charge in [0, 0.05) is 37.3 Å². The maximum absolute atomic E-state index is 13.6. The van der Waals surface area contributed by atoms with Crippen molar-refractivity contribution in [2.24, 2.45) is 0 Å². The standard InChI is InChI=1S/C32H43FN4O2S.C2H6/c1-4-13-28(5-2)35(3)20-11-12-21-36(23-26-18-19-32(33)34-22-26)24-27-25-37(31-17-10-9-16-30(27)31)40(38,39)29-14-7-6-8-15-29;1-2/h6-10,14-19,25,28,34H,4-5,11-13,20-24H2,1-3H3;1-2H3. The van der Waals surface area contributed by atoms with Crippen molar-refractivity contribution in [2.75, 3.05) is 33.2 Å². The SMILES string of the molecule is CC.CCCC(CC)N(C)CCCCN(CC1=CC=C(F)NC1)Cc1cn(S(=O)(=O)c2ccccc2)c2ccccc12. The molecule has 230 valence electrons. The fraction of sp³-hybridized carbons (Fsp3) is 0.471. The zero-order chi connectivity index (χ0) is 30.5. The molecule has 3 aromatic rings. The van der Waals surface area contributed by atoms with Crippen LogP contribution in [0, 0.1) is 0 Å². The van der Waals surface area contributed by atoms with E-state index >= 15 is 0 Å². The minimum atomic E-state index is -3.74. The highest BCUT2D eigenvalue weighted by atomic mass is 32.2. The Morgan fingerprint density at radius 1 is 0.952 bits per heavy atom. The summed E-state index contributed by atoms with van der Waals surface area (Å²) < 4.78 is 42.1. The predicted molar refractivity (Wildman–Crippen MR) is 174 cm³/mol. The monoisotopic (exact) mass is 596 g/mol. The van der Waals surface area contributed by atoms with Crippen molar-refractivity contribution in [2.45, 2.75) is 77.3 Å². The van der Waals surface area contributed by atoms with Gasteiger partial charge >= 0.3 is 0 Å². The summed E-state index contributed by atoms with van der Waals surface area (Å²) in [5, 5.41) is 3.72. The van der Waals surface area contributed by atoms with Crippen molar-refractivity contribution < 1.29 is 12.8 Å². The van der Waals surface area contributed by atoms with Gasteiger partial charge in [0.15, 0.2) is 5.95 Å². The lowest BCUT2D eigenvalue weighted by Gasteiger charge is -2.28. The minimum Gasteiger partial charge on any atom is -0.358 e. The summed E-state index contributed by atoms with van der Waals surface area (Å²) in [4.78, 5) is 5.11. The number of dihydropyridines is 1. The first-order valence-electron chi connectivity index (χ1n) is 15.4. The zero-order valence-corrected chi connectivity index (χ0v) is 26.8. The summed E-state index contributed by atoms with van der Waals surface area (Å²) in [6.07, 6.45) is 10.8. The van der Waals surface area contributed by atoms with Gasteiger partial charge in [0.1, 0.15) is 0 Å². The second kappa shape index (κ2) is 16.6. The number of hydrogen-bond donors (Lipinski definition) is 1. The van der Waals surface area contributed by atoms with Gasteiger partial charge in [-0.3, -0.25) is 4.90 Å². The minimum absolute atomic E-state index is 0.268. The lowest BCUT2D eigenvalue weighted by atomic mass is 10.1. The molecule has 0 saturated heterocycles. The van der Waals surface area contributed by atoms with Crippen LogP contribution in [0.5, 0.6) is 0 Å². The van der Waals surface area contributed by atoms with Crippen LogP contribution in [0.25, 0.3) is 10.9 Å². The van der Waals surface area contributed by atoms with Gasteiger partial charge in [-0.25, -0.2) is 12.4 Å². The smallest absolute Gasteiger partial charge is 0.268 e. The first-order chi connectivity index (χ1) is 20.3. The Morgan fingerprint density at radius 3 is 2.31 bits per heavy atom. The van der Waals surface area contributed by atoms with Crippen LogP contribution in [0.3, 0.4) is 0 Å². The number of aromatic nitrogens is 1. The third kappa shape index (κ3) is 8.79. The molecule has 0 aliphatic carbocycles. The van der Waals surface area contributed by atoms with E-state index in [-0.39, 0.29) is 10.8 Å². The molecule has 2 aromatic carbocycles. The molecule has 1 unspecified atom stereocenters. The Labute approximate surface area is 253 Å². The van der Waals surface area contributed by atoms with E-state index in [1.165, 1.54) is 22.9 Å². The van der Waals surface area contributed by atoms with Gasteiger partial charge in [-0.05, 0) is 81.2 Å². The van der Waals surface area contributed by atoms with E-state index in [0.717, 1.165) is 48.9 Å². The summed E-state index contributed by atoms with van der Waals surface area (Å²) in [5.41, 5.74) is 2.74. The molecule has 1 aromatic heterocycles. The highest BCUT2D eigenvalue weighted by Gasteiger charge is 2.22. The van der Waals surface area contributed by atoms with Crippen LogP contribution in [0.2, 0.25) is 0 Å². The summed E-state index contributed by atoms with van der Waals surface area (Å²) >= 11 is 0. The van der Waals surface area contributed by atoms with Crippen LogP contribution in [0.4, 0.5) is 4.39 Å². The molecule has 8 heteroatoms. The van der Waals surface area contributed by atoms with Gasteiger partial charge in [0.2, 0.25) is 0 Å².